The molecule has 2 aromatic heterocycles. The second kappa shape index (κ2) is 3.63. The van der Waals surface area contributed by atoms with Gasteiger partial charge in [-0.25, -0.2) is 4.79 Å². The molecule has 0 amide bonds. The van der Waals surface area contributed by atoms with Crippen molar-refractivity contribution in [3.05, 3.63) is 36.1 Å². The summed E-state index contributed by atoms with van der Waals surface area (Å²) in [7, 11) is 0. The summed E-state index contributed by atoms with van der Waals surface area (Å²) in [5, 5.41) is 22.6. The molecule has 0 radical (unpaired) electrons. The minimum absolute atomic E-state index is 0.166. The second-order valence-corrected chi connectivity index (χ2v) is 3.84. The number of hydrogen-bond donors (Lipinski definition) is 3. The molecule has 90 valence electrons. The quantitative estimate of drug-likeness (QED) is 0.641. The number of phenolic OH excluding ortho intramolecular Hbond substituents is 1. The van der Waals surface area contributed by atoms with E-state index < -0.39 is 5.97 Å². The van der Waals surface area contributed by atoms with Gasteiger partial charge in [0.15, 0.2) is 0 Å². The van der Waals surface area contributed by atoms with Crippen molar-refractivity contribution in [3.8, 4) is 17.1 Å². The van der Waals surface area contributed by atoms with Gasteiger partial charge in [0.25, 0.3) is 0 Å². The number of carbonyl (C=O) groups is 1. The molecule has 1 aromatic carbocycles. The molecule has 0 aliphatic rings. The molecule has 0 bridgehead atoms. The number of nitrogens with zero attached hydrogens (tertiary/aromatic N) is 1. The van der Waals surface area contributed by atoms with Gasteiger partial charge in [-0.1, -0.05) is 5.16 Å². The number of carboxylic acids is 1. The molecule has 18 heavy (non-hydrogen) atoms. The summed E-state index contributed by atoms with van der Waals surface area (Å²) in [5.41, 5.74) is 1.86. The van der Waals surface area contributed by atoms with Gasteiger partial charge in [-0.05, 0) is 24.3 Å². The fourth-order valence-corrected chi connectivity index (χ4v) is 1.76. The van der Waals surface area contributed by atoms with Gasteiger partial charge in [0.05, 0.1) is 5.69 Å². The van der Waals surface area contributed by atoms with Gasteiger partial charge in [0.1, 0.15) is 11.4 Å². The number of benzene rings is 1. The highest BCUT2D eigenvalue weighted by molar-refractivity contribution is 5.88. The third kappa shape index (κ3) is 1.60. The average molecular weight is 244 g/mol. The first-order chi connectivity index (χ1) is 8.63. The fraction of sp³-hybridized carbons (Fsp3) is 0. The van der Waals surface area contributed by atoms with Crippen molar-refractivity contribution in [2.75, 3.05) is 0 Å². The summed E-state index contributed by atoms with van der Waals surface area (Å²) in [5.74, 6) is -1.21. The summed E-state index contributed by atoms with van der Waals surface area (Å²) in [6.07, 6.45) is 0. The van der Waals surface area contributed by atoms with E-state index in [0.29, 0.717) is 11.4 Å². The molecular weight excluding hydrogens is 236 g/mol. The monoisotopic (exact) mass is 244 g/mol. The molecule has 0 atom stereocenters. The first kappa shape index (κ1) is 10.4. The van der Waals surface area contributed by atoms with Crippen molar-refractivity contribution in [2.45, 2.75) is 0 Å². The second-order valence-electron chi connectivity index (χ2n) is 3.84. The smallest absolute Gasteiger partial charge is 0.374 e. The normalized spacial score (nSPS) is 10.9. The number of phenols is 1. The van der Waals surface area contributed by atoms with E-state index in [1.165, 1.54) is 6.07 Å². The fourth-order valence-electron chi connectivity index (χ4n) is 1.76. The van der Waals surface area contributed by atoms with Crippen molar-refractivity contribution < 1.29 is 19.5 Å². The lowest BCUT2D eigenvalue weighted by atomic mass is 10.2. The predicted octanol–water partition coefficient (Wildman–Crippen LogP) is 2.23. The maximum Gasteiger partial charge on any atom is 0.374 e. The van der Waals surface area contributed by atoms with Gasteiger partial charge >= 0.3 is 5.97 Å². The van der Waals surface area contributed by atoms with E-state index in [-0.39, 0.29) is 11.5 Å². The Kier molecular flexibility index (Phi) is 2.09. The molecule has 2 heterocycles. The molecule has 6 nitrogen and oxygen atoms in total. The Hall–Kier alpha value is -2.76. The van der Waals surface area contributed by atoms with Gasteiger partial charge in [-0.15, -0.1) is 0 Å². The zero-order valence-electron chi connectivity index (χ0n) is 9.04. The summed E-state index contributed by atoms with van der Waals surface area (Å²) in [6.45, 7) is 0. The van der Waals surface area contributed by atoms with Crippen LogP contribution in [0.25, 0.3) is 22.3 Å². The molecule has 0 fully saturated rings. The van der Waals surface area contributed by atoms with E-state index in [9.17, 15) is 9.90 Å². The molecule has 3 rings (SSSR count). The minimum atomic E-state index is -1.16. The lowest BCUT2D eigenvalue weighted by Gasteiger charge is -1.89. The first-order valence-electron chi connectivity index (χ1n) is 5.15. The number of nitrogens with one attached hydrogen (secondary N) is 1. The van der Waals surface area contributed by atoms with Crippen LogP contribution in [-0.2, 0) is 0 Å². The highest BCUT2D eigenvalue weighted by Crippen LogP contribution is 2.26. The van der Waals surface area contributed by atoms with Gasteiger partial charge in [-0.3, -0.25) is 0 Å². The van der Waals surface area contributed by atoms with Crippen LogP contribution in [0.15, 0.2) is 34.9 Å². The lowest BCUT2D eigenvalue weighted by Crippen LogP contribution is -1.91. The molecule has 0 aliphatic heterocycles. The first-order valence-corrected chi connectivity index (χ1v) is 5.15. The van der Waals surface area contributed by atoms with E-state index in [4.69, 9.17) is 5.11 Å². The third-order valence-electron chi connectivity index (χ3n) is 2.60. The Morgan fingerprint density at radius 2 is 2.11 bits per heavy atom. The zero-order valence-corrected chi connectivity index (χ0v) is 9.04. The largest absolute Gasteiger partial charge is 0.508 e. The molecule has 3 aromatic rings. The molecule has 0 aliphatic carbocycles. The van der Waals surface area contributed by atoms with Crippen LogP contribution in [0.2, 0.25) is 0 Å². The molecular formula is C12H8N2O4. The molecule has 0 spiro atoms. The predicted molar refractivity (Wildman–Crippen MR) is 62.4 cm³/mol. The summed E-state index contributed by atoms with van der Waals surface area (Å²) >= 11 is 0. The SMILES string of the molecule is O=C(O)c1cc(-c2cc3cc(O)ccc3[nH]2)no1. The number of aromatic hydroxyl groups is 1. The molecule has 0 unspecified atom stereocenters. The standard InChI is InChI=1S/C12H8N2O4/c15-7-1-2-8-6(3-7)4-9(13-8)10-5-11(12(16)17)18-14-10/h1-5,13,15H,(H,16,17). The highest BCUT2D eigenvalue weighted by atomic mass is 16.5. The Bertz CT molecular complexity index is 741. The van der Waals surface area contributed by atoms with Gasteiger partial charge < -0.3 is 19.7 Å². The average Bonchev–Trinajstić information content (AvgIpc) is 2.93. The van der Waals surface area contributed by atoms with E-state index in [1.54, 1.807) is 24.3 Å². The summed E-state index contributed by atoms with van der Waals surface area (Å²) in [6, 6.07) is 8.00. The molecule has 0 saturated carbocycles. The van der Waals surface area contributed by atoms with E-state index in [2.05, 4.69) is 14.7 Å². The van der Waals surface area contributed by atoms with Crippen LogP contribution in [0.4, 0.5) is 0 Å². The number of rotatable bonds is 2. The van der Waals surface area contributed by atoms with Crippen molar-refractivity contribution in [1.82, 2.24) is 10.1 Å². The van der Waals surface area contributed by atoms with Crippen LogP contribution in [0.3, 0.4) is 0 Å². The summed E-state index contributed by atoms with van der Waals surface area (Å²) in [4.78, 5) is 13.8. The number of fused-ring (bicyclic) bond motifs is 1. The summed E-state index contributed by atoms with van der Waals surface area (Å²) < 4.78 is 4.68. The lowest BCUT2D eigenvalue weighted by molar-refractivity contribution is 0.0652. The number of aromatic amines is 1. The maximum absolute atomic E-state index is 10.7. The molecule has 6 heteroatoms. The van der Waals surface area contributed by atoms with Crippen molar-refractivity contribution in [1.29, 1.82) is 0 Å². The number of aromatic carboxylic acids is 1. The van der Waals surface area contributed by atoms with E-state index in [1.807, 2.05) is 0 Å². The van der Waals surface area contributed by atoms with E-state index >= 15 is 0 Å². The third-order valence-corrected chi connectivity index (χ3v) is 2.60. The zero-order chi connectivity index (χ0) is 12.7. The Balaban J connectivity index is 2.10. The van der Waals surface area contributed by atoms with Crippen LogP contribution in [0, 0.1) is 0 Å². The van der Waals surface area contributed by atoms with Crippen LogP contribution in [-0.4, -0.2) is 26.3 Å². The van der Waals surface area contributed by atoms with E-state index in [0.717, 1.165) is 10.9 Å². The number of aromatic nitrogens is 2. The minimum Gasteiger partial charge on any atom is -0.508 e. The van der Waals surface area contributed by atoms with Crippen LogP contribution >= 0.6 is 0 Å². The van der Waals surface area contributed by atoms with Crippen molar-refractivity contribution >= 4 is 16.9 Å². The Labute approximate surface area is 100 Å². The Morgan fingerprint density at radius 1 is 1.28 bits per heavy atom. The van der Waals surface area contributed by atoms with Crippen LogP contribution < -0.4 is 0 Å². The molecule has 3 N–H and O–H groups in total. The molecule has 0 saturated heterocycles. The van der Waals surface area contributed by atoms with Crippen molar-refractivity contribution in [3.63, 3.8) is 0 Å². The van der Waals surface area contributed by atoms with Crippen LogP contribution in [0.1, 0.15) is 10.6 Å². The highest BCUT2D eigenvalue weighted by Gasteiger charge is 2.13. The van der Waals surface area contributed by atoms with Gasteiger partial charge in [0.2, 0.25) is 5.76 Å². The van der Waals surface area contributed by atoms with Crippen LogP contribution in [0.5, 0.6) is 5.75 Å². The van der Waals surface area contributed by atoms with Gasteiger partial charge in [-0.2, -0.15) is 0 Å². The van der Waals surface area contributed by atoms with Gasteiger partial charge in [0, 0.05) is 17.0 Å². The number of hydrogen-bond acceptors (Lipinski definition) is 4. The number of H-pyrrole nitrogens is 1. The number of carboxylic acid groups (broad SMARTS) is 1. The Morgan fingerprint density at radius 3 is 2.83 bits per heavy atom. The maximum atomic E-state index is 10.7. The van der Waals surface area contributed by atoms with Crippen molar-refractivity contribution in [2.24, 2.45) is 0 Å². The topological polar surface area (TPSA) is 99.3 Å².